The van der Waals surface area contributed by atoms with Crippen molar-refractivity contribution >= 4 is 15.9 Å². The summed E-state index contributed by atoms with van der Waals surface area (Å²) >= 11 is 3.16. The highest BCUT2D eigenvalue weighted by Crippen LogP contribution is 2.27. The Balaban J connectivity index is 3.14. The van der Waals surface area contributed by atoms with E-state index in [1.165, 1.54) is 7.11 Å². The van der Waals surface area contributed by atoms with Gasteiger partial charge >= 0.3 is 0 Å². The van der Waals surface area contributed by atoms with Crippen LogP contribution in [-0.2, 0) is 0 Å². The molecule has 0 aromatic heterocycles. The van der Waals surface area contributed by atoms with E-state index in [-0.39, 0.29) is 11.3 Å². The number of methoxy groups -OCH3 is 1. The molecule has 78 valence electrons. The van der Waals surface area contributed by atoms with Crippen molar-refractivity contribution in [2.45, 2.75) is 4.95 Å². The zero-order valence-corrected chi connectivity index (χ0v) is 9.36. The van der Waals surface area contributed by atoms with Crippen LogP contribution in [0, 0.1) is 11.6 Å². The second-order valence-electron chi connectivity index (χ2n) is 2.66. The molecule has 1 N–H and O–H groups in total. The maximum absolute atomic E-state index is 13.3. The van der Waals surface area contributed by atoms with E-state index in [1.54, 1.807) is 7.05 Å². The topological polar surface area (TPSA) is 21.3 Å². The maximum atomic E-state index is 13.3. The van der Waals surface area contributed by atoms with Crippen LogP contribution in [0.15, 0.2) is 12.1 Å². The third-order valence-electron chi connectivity index (χ3n) is 1.80. The van der Waals surface area contributed by atoms with Gasteiger partial charge in [0.25, 0.3) is 0 Å². The van der Waals surface area contributed by atoms with Gasteiger partial charge in [0.1, 0.15) is 5.82 Å². The summed E-state index contributed by atoms with van der Waals surface area (Å²) in [6, 6.07) is 2.13. The highest BCUT2D eigenvalue weighted by atomic mass is 79.9. The molecule has 0 spiro atoms. The van der Waals surface area contributed by atoms with Crippen LogP contribution in [0.5, 0.6) is 5.75 Å². The van der Waals surface area contributed by atoms with Crippen molar-refractivity contribution in [2.75, 3.05) is 14.2 Å². The number of ether oxygens (including phenoxy) is 1. The Kier molecular flexibility index (Phi) is 3.83. The van der Waals surface area contributed by atoms with Crippen LogP contribution in [0.2, 0.25) is 0 Å². The minimum absolute atomic E-state index is 0.0953. The normalized spacial score (nSPS) is 12.6. The molecule has 1 rings (SSSR count). The van der Waals surface area contributed by atoms with Gasteiger partial charge in [-0.05, 0) is 13.1 Å². The standard InChI is InChI=1S/C9H10BrF2NO/c1-13-9(10)5-3-7(12)8(14-2)4-6(5)11/h3-4,9,13H,1-2H3. The quantitative estimate of drug-likeness (QED) is 0.670. The molecule has 0 heterocycles. The molecule has 0 saturated heterocycles. The monoisotopic (exact) mass is 265 g/mol. The fraction of sp³-hybridized carbons (Fsp3) is 0.333. The number of benzene rings is 1. The highest BCUT2D eigenvalue weighted by molar-refractivity contribution is 9.09. The van der Waals surface area contributed by atoms with E-state index in [0.717, 1.165) is 12.1 Å². The van der Waals surface area contributed by atoms with Crippen LogP contribution >= 0.6 is 15.9 Å². The summed E-state index contributed by atoms with van der Waals surface area (Å²) in [5.74, 6) is -1.19. The van der Waals surface area contributed by atoms with Gasteiger partial charge in [-0.1, -0.05) is 15.9 Å². The van der Waals surface area contributed by atoms with Gasteiger partial charge in [-0.25, -0.2) is 8.78 Å². The SMILES string of the molecule is CNC(Br)c1cc(F)c(OC)cc1F. The van der Waals surface area contributed by atoms with Crippen LogP contribution in [0.25, 0.3) is 0 Å². The van der Waals surface area contributed by atoms with E-state index in [0.29, 0.717) is 0 Å². The number of halogens is 3. The molecule has 0 amide bonds. The first-order valence-corrected chi connectivity index (χ1v) is 4.86. The Bertz CT molecular complexity index is 333. The van der Waals surface area contributed by atoms with E-state index in [1.807, 2.05) is 0 Å². The third kappa shape index (κ3) is 2.22. The fourth-order valence-corrected chi connectivity index (χ4v) is 1.40. The van der Waals surface area contributed by atoms with Crippen molar-refractivity contribution in [3.63, 3.8) is 0 Å². The molecular formula is C9H10BrF2NO. The van der Waals surface area contributed by atoms with Crippen LogP contribution in [0.4, 0.5) is 8.78 Å². The molecule has 1 atom stereocenters. The summed E-state index contributed by atoms with van der Waals surface area (Å²) in [5.41, 5.74) is 0.214. The highest BCUT2D eigenvalue weighted by Gasteiger charge is 2.15. The molecule has 0 aliphatic rings. The van der Waals surface area contributed by atoms with E-state index < -0.39 is 16.6 Å². The third-order valence-corrected chi connectivity index (χ3v) is 2.75. The van der Waals surface area contributed by atoms with E-state index in [9.17, 15) is 8.78 Å². The van der Waals surface area contributed by atoms with Crippen molar-refractivity contribution in [3.05, 3.63) is 29.3 Å². The van der Waals surface area contributed by atoms with Crippen molar-refractivity contribution in [1.29, 1.82) is 0 Å². The number of hydrogen-bond acceptors (Lipinski definition) is 2. The fourth-order valence-electron chi connectivity index (χ4n) is 1.05. The van der Waals surface area contributed by atoms with Gasteiger partial charge < -0.3 is 10.1 Å². The lowest BCUT2D eigenvalue weighted by atomic mass is 10.2. The molecule has 0 fully saturated rings. The van der Waals surface area contributed by atoms with Gasteiger partial charge in [-0.2, -0.15) is 0 Å². The molecule has 5 heteroatoms. The first-order valence-electron chi connectivity index (χ1n) is 3.94. The van der Waals surface area contributed by atoms with Crippen LogP contribution in [0.1, 0.15) is 10.5 Å². The van der Waals surface area contributed by atoms with Gasteiger partial charge in [-0.3, -0.25) is 0 Å². The molecule has 1 unspecified atom stereocenters. The van der Waals surface area contributed by atoms with Gasteiger partial charge in [0.05, 0.1) is 12.1 Å². The molecule has 14 heavy (non-hydrogen) atoms. The Labute approximate surface area is 89.4 Å². The Morgan fingerprint density at radius 1 is 1.36 bits per heavy atom. The number of hydrogen-bond donors (Lipinski definition) is 1. The summed E-state index contributed by atoms with van der Waals surface area (Å²) < 4.78 is 31.2. The molecule has 1 aromatic carbocycles. The zero-order valence-electron chi connectivity index (χ0n) is 7.77. The maximum Gasteiger partial charge on any atom is 0.165 e. The average molecular weight is 266 g/mol. The Hall–Kier alpha value is -0.680. The number of rotatable bonds is 3. The lowest BCUT2D eigenvalue weighted by Gasteiger charge is -2.11. The first-order chi connectivity index (χ1) is 6.60. The van der Waals surface area contributed by atoms with E-state index in [4.69, 9.17) is 0 Å². The molecule has 1 aromatic rings. The van der Waals surface area contributed by atoms with Crippen molar-refractivity contribution in [1.82, 2.24) is 5.32 Å². The van der Waals surface area contributed by atoms with Gasteiger partial charge in [-0.15, -0.1) is 0 Å². The summed E-state index contributed by atoms with van der Waals surface area (Å²) in [6.07, 6.45) is 0. The average Bonchev–Trinajstić information content (AvgIpc) is 2.19. The van der Waals surface area contributed by atoms with Crippen LogP contribution in [-0.4, -0.2) is 14.2 Å². The lowest BCUT2D eigenvalue weighted by Crippen LogP contribution is -2.11. The summed E-state index contributed by atoms with van der Waals surface area (Å²) in [4.78, 5) is -0.414. The Morgan fingerprint density at radius 2 is 2.00 bits per heavy atom. The van der Waals surface area contributed by atoms with Gasteiger partial charge in [0.2, 0.25) is 0 Å². The van der Waals surface area contributed by atoms with Crippen LogP contribution < -0.4 is 10.1 Å². The molecule has 2 nitrogen and oxygen atoms in total. The minimum Gasteiger partial charge on any atom is -0.494 e. The van der Waals surface area contributed by atoms with Gasteiger partial charge in [0, 0.05) is 11.6 Å². The van der Waals surface area contributed by atoms with Crippen LogP contribution in [0.3, 0.4) is 0 Å². The largest absolute Gasteiger partial charge is 0.494 e. The number of nitrogens with one attached hydrogen (secondary N) is 1. The van der Waals surface area contributed by atoms with Crippen molar-refractivity contribution < 1.29 is 13.5 Å². The molecule has 0 radical (unpaired) electrons. The second-order valence-corrected chi connectivity index (χ2v) is 3.58. The summed E-state index contributed by atoms with van der Waals surface area (Å²) in [5, 5.41) is 2.76. The molecule has 0 aliphatic heterocycles. The second kappa shape index (κ2) is 4.70. The Morgan fingerprint density at radius 3 is 2.50 bits per heavy atom. The first kappa shape index (κ1) is 11.4. The zero-order chi connectivity index (χ0) is 10.7. The summed E-state index contributed by atoms with van der Waals surface area (Å²) in [7, 11) is 2.93. The summed E-state index contributed by atoms with van der Waals surface area (Å²) in [6.45, 7) is 0. The molecule has 0 bridgehead atoms. The number of alkyl halides is 1. The minimum atomic E-state index is -0.580. The van der Waals surface area contributed by atoms with E-state index >= 15 is 0 Å². The lowest BCUT2D eigenvalue weighted by molar-refractivity contribution is 0.381. The van der Waals surface area contributed by atoms with Crippen molar-refractivity contribution in [3.8, 4) is 5.75 Å². The molecular weight excluding hydrogens is 256 g/mol. The molecule has 0 saturated carbocycles. The smallest absolute Gasteiger partial charge is 0.165 e. The van der Waals surface area contributed by atoms with Gasteiger partial charge in [0.15, 0.2) is 11.6 Å². The molecule has 0 aliphatic carbocycles. The predicted molar refractivity (Wildman–Crippen MR) is 53.6 cm³/mol. The predicted octanol–water partition coefficient (Wildman–Crippen LogP) is 2.59. The van der Waals surface area contributed by atoms with Crippen molar-refractivity contribution in [2.24, 2.45) is 0 Å². The van der Waals surface area contributed by atoms with E-state index in [2.05, 4.69) is 26.0 Å².